The molecule has 0 bridgehead atoms. The summed E-state index contributed by atoms with van der Waals surface area (Å²) >= 11 is 2.90. The van der Waals surface area contributed by atoms with Crippen molar-refractivity contribution < 1.29 is 61.7 Å². The van der Waals surface area contributed by atoms with Crippen molar-refractivity contribution in [3.05, 3.63) is 64.6 Å². The Morgan fingerprint density at radius 1 is 0.800 bits per heavy atom. The second-order valence-corrected chi connectivity index (χ2v) is 5.34. The van der Waals surface area contributed by atoms with Crippen molar-refractivity contribution in [2.75, 3.05) is 0 Å². The molecule has 0 saturated heterocycles. The van der Waals surface area contributed by atoms with Crippen molar-refractivity contribution >= 4 is 15.9 Å². The van der Waals surface area contributed by atoms with Crippen LogP contribution in [0, 0.1) is 34.8 Å². The number of ether oxygens (including phenoxy) is 2. The Morgan fingerprint density at radius 2 is 1.20 bits per heavy atom. The van der Waals surface area contributed by atoms with Gasteiger partial charge in [0.15, 0.2) is 23.1 Å². The van der Waals surface area contributed by atoms with Crippen LogP contribution in [-0.2, 0) is 17.1 Å². The van der Waals surface area contributed by atoms with Gasteiger partial charge in [0, 0.05) is 4.47 Å². The summed E-state index contributed by atoms with van der Waals surface area (Å²) in [4.78, 5) is 0. The van der Waals surface area contributed by atoms with E-state index in [2.05, 4.69) is 25.4 Å². The van der Waals surface area contributed by atoms with Crippen LogP contribution in [0.1, 0.15) is 5.56 Å². The van der Waals surface area contributed by atoms with Gasteiger partial charge < -0.3 is 21.3 Å². The normalized spacial score (nSPS) is 10.1. The summed E-state index contributed by atoms with van der Waals surface area (Å²) in [6.45, 7) is 4.75. The van der Waals surface area contributed by atoms with Crippen molar-refractivity contribution in [2.45, 2.75) is 12.7 Å². The first-order valence-corrected chi connectivity index (χ1v) is 7.48. The van der Waals surface area contributed by atoms with Gasteiger partial charge in [0.1, 0.15) is 0 Å². The fourth-order valence-electron chi connectivity index (χ4n) is 1.46. The van der Waals surface area contributed by atoms with E-state index in [0.717, 1.165) is 24.3 Å². The summed E-state index contributed by atoms with van der Waals surface area (Å²) in [5.41, 5.74) is -0.0722. The summed E-state index contributed by atoms with van der Waals surface area (Å²) in [5, 5.41) is 14.6. The van der Waals surface area contributed by atoms with Crippen LogP contribution in [-0.4, -0.2) is 12.7 Å². The minimum atomic E-state index is -4.94. The fraction of sp³-hybridized carbons (Fsp3) is 0.125. The molecule has 0 unspecified atom stereocenters. The van der Waals surface area contributed by atoms with Crippen molar-refractivity contribution in [2.24, 2.45) is 0 Å². The quantitative estimate of drug-likeness (QED) is 0.253. The van der Waals surface area contributed by atoms with E-state index in [4.69, 9.17) is 17.1 Å². The number of hydrogen-bond acceptors (Lipinski definition) is 4. The van der Waals surface area contributed by atoms with E-state index in [0.29, 0.717) is 10.5 Å². The van der Waals surface area contributed by atoms with Crippen molar-refractivity contribution in [3.8, 4) is 17.6 Å². The van der Waals surface area contributed by atoms with Crippen LogP contribution in [0.2, 0.25) is 0 Å². The molecule has 0 aliphatic carbocycles. The van der Waals surface area contributed by atoms with Crippen molar-refractivity contribution in [1.29, 1.82) is 10.5 Å². The van der Waals surface area contributed by atoms with E-state index in [1.807, 2.05) is 0 Å². The van der Waals surface area contributed by atoms with Gasteiger partial charge >= 0.3 is 29.8 Å². The molecule has 0 fully saturated rings. The number of benzene rings is 2. The third-order valence-corrected chi connectivity index (χ3v) is 2.90. The Hall–Kier alpha value is -2.54. The Labute approximate surface area is 183 Å². The van der Waals surface area contributed by atoms with Crippen LogP contribution in [0.15, 0.2) is 40.9 Å². The molecule has 2 aromatic rings. The first-order chi connectivity index (χ1) is 13.3. The molecular weight excluding hydrogens is 548 g/mol. The average molecular weight is 554 g/mol. The van der Waals surface area contributed by atoms with E-state index >= 15 is 0 Å². The number of alkyl halides is 6. The molecule has 0 heterocycles. The summed E-state index contributed by atoms with van der Waals surface area (Å²) < 4.78 is 102. The van der Waals surface area contributed by atoms with Gasteiger partial charge in [-0.2, -0.15) is 5.26 Å². The molecule has 166 valence electrons. The Bertz CT molecular complexity index is 882. The second kappa shape index (κ2) is 12.9. The first kappa shape index (κ1) is 29.7. The minimum Gasteiger partial charge on any atom is -0.512 e. The summed E-state index contributed by atoms with van der Waals surface area (Å²) in [7, 11) is 0. The van der Waals surface area contributed by atoms with Gasteiger partial charge in [0.25, 0.3) is 0 Å². The molecule has 0 radical (unpaired) electrons. The van der Waals surface area contributed by atoms with E-state index in [-0.39, 0.29) is 22.6 Å². The van der Waals surface area contributed by atoms with Gasteiger partial charge in [0.2, 0.25) is 0 Å². The number of hydrogen-bond donors (Lipinski definition) is 0. The van der Waals surface area contributed by atoms with Crippen molar-refractivity contribution in [3.63, 3.8) is 0 Å². The number of nitriles is 1. The molecule has 2 aromatic carbocycles. The smallest absolute Gasteiger partial charge is 0.512 e. The molecule has 30 heavy (non-hydrogen) atoms. The van der Waals surface area contributed by atoms with E-state index in [9.17, 15) is 35.1 Å². The van der Waals surface area contributed by atoms with E-state index in [1.54, 1.807) is 6.07 Å². The number of halogens is 9. The first-order valence-electron chi connectivity index (χ1n) is 6.69. The van der Waals surface area contributed by atoms with Crippen LogP contribution < -0.4 is 9.47 Å². The monoisotopic (exact) mass is 552 g/mol. The second-order valence-electron chi connectivity index (χ2n) is 4.43. The zero-order valence-electron chi connectivity index (χ0n) is 13.9. The molecule has 0 saturated carbocycles. The van der Waals surface area contributed by atoms with Crippen LogP contribution in [0.4, 0.5) is 35.1 Å². The molecule has 2 rings (SSSR count). The van der Waals surface area contributed by atoms with Gasteiger partial charge in [-0.25, -0.2) is 8.78 Å². The van der Waals surface area contributed by atoms with Crippen molar-refractivity contribution in [1.82, 2.24) is 0 Å². The zero-order valence-corrected chi connectivity index (χ0v) is 16.4. The molecule has 0 N–H and O–H groups in total. The van der Waals surface area contributed by atoms with Gasteiger partial charge in [0.05, 0.1) is 11.6 Å². The summed E-state index contributed by atoms with van der Waals surface area (Å²) in [6, 6.07) is 7.07. The molecule has 0 aliphatic heterocycles. The maximum absolute atomic E-state index is 12.8. The summed E-state index contributed by atoms with van der Waals surface area (Å²) in [6.07, 6.45) is -9.80. The molecule has 14 heteroatoms. The number of rotatable bonds is 2. The van der Waals surface area contributed by atoms with Gasteiger partial charge in [-0.15, -0.1) is 26.3 Å². The van der Waals surface area contributed by atoms with E-state index in [1.165, 1.54) is 6.07 Å². The fourth-order valence-corrected chi connectivity index (χ4v) is 1.79. The SMILES string of the molecule is Fc1cc(Br)ccc1OC(F)(F)F.N#Cc1ccc(OC(F)(F)F)c(F)c1.[C-]#N.[Cu+]. The number of nitrogens with zero attached hydrogens (tertiary/aromatic N) is 2. The molecule has 0 aliphatic rings. The standard InChI is InChI=1S/C8H3F4NO.C7H3BrF4O.CN.Cu/c9-6-3-5(4-13)1-2-7(6)14-8(10,11)12;8-4-1-2-6(5(9)3-4)13-7(10,11)12;1-2;/h1-3H;1-3H;;/q;;-1;+1. The van der Waals surface area contributed by atoms with Crippen LogP contribution in [0.3, 0.4) is 0 Å². The van der Waals surface area contributed by atoms with E-state index < -0.39 is 35.9 Å². The molecule has 0 amide bonds. The Balaban J connectivity index is 0. The van der Waals surface area contributed by atoms with Crippen LogP contribution in [0.25, 0.3) is 0 Å². The molecular formula is C16H6BrCuF8N2O2. The maximum Gasteiger partial charge on any atom is 1.00 e. The predicted molar refractivity (Wildman–Crippen MR) is 83.5 cm³/mol. The van der Waals surface area contributed by atoms with Gasteiger partial charge in [-0.3, -0.25) is 0 Å². The molecule has 0 atom stereocenters. The van der Waals surface area contributed by atoms with Crippen LogP contribution in [0.5, 0.6) is 11.5 Å². The van der Waals surface area contributed by atoms with Gasteiger partial charge in [-0.05, 0) is 36.4 Å². The van der Waals surface area contributed by atoms with Gasteiger partial charge in [-0.1, -0.05) is 15.9 Å². The van der Waals surface area contributed by atoms with Crippen LogP contribution >= 0.6 is 15.9 Å². The largest absolute Gasteiger partial charge is 1.00 e. The third kappa shape index (κ3) is 12.1. The minimum absolute atomic E-state index is 0. The Morgan fingerprint density at radius 3 is 1.53 bits per heavy atom. The zero-order chi connectivity index (χ0) is 22.8. The maximum atomic E-state index is 12.8. The predicted octanol–water partition coefficient (Wildman–Crippen LogP) is 6.18. The molecule has 0 spiro atoms. The topological polar surface area (TPSA) is 66.0 Å². The summed E-state index contributed by atoms with van der Waals surface area (Å²) in [5.74, 6) is -4.07. The molecule has 0 aromatic heterocycles. The average Bonchev–Trinajstić information content (AvgIpc) is 2.59. The Kier molecular flexibility index (Phi) is 12.8. The molecule has 4 nitrogen and oxygen atoms in total. The third-order valence-electron chi connectivity index (χ3n) is 2.41.